The van der Waals surface area contributed by atoms with E-state index in [0.29, 0.717) is 11.8 Å². The number of aliphatic hydroxyl groups is 1. The van der Waals surface area contributed by atoms with Gasteiger partial charge in [-0.2, -0.15) is 0 Å². The molecule has 0 saturated heterocycles. The number of aromatic nitrogens is 1. The Morgan fingerprint density at radius 1 is 1.41 bits per heavy atom. The summed E-state index contributed by atoms with van der Waals surface area (Å²) in [5.41, 5.74) is 0.687. The molecule has 2 atom stereocenters. The van der Waals surface area contributed by atoms with Gasteiger partial charge in [0, 0.05) is 0 Å². The van der Waals surface area contributed by atoms with Crippen LogP contribution >= 0.6 is 0 Å². The molecule has 1 aromatic heterocycles. The predicted octanol–water partition coefficient (Wildman–Crippen LogP) is 2.92. The van der Waals surface area contributed by atoms with Crippen LogP contribution in [0.1, 0.15) is 44.7 Å². The molecule has 1 aromatic rings. The number of pyridine rings is 1. The van der Waals surface area contributed by atoms with E-state index >= 15 is 0 Å². The van der Waals surface area contributed by atoms with E-state index < -0.39 is 0 Å². The normalized spacial score (nSPS) is 24.6. The van der Waals surface area contributed by atoms with Crippen LogP contribution in [-0.4, -0.2) is 16.2 Å². The van der Waals surface area contributed by atoms with Gasteiger partial charge >= 0.3 is 0 Å². The van der Waals surface area contributed by atoms with Crippen molar-refractivity contribution in [1.82, 2.24) is 4.98 Å². The summed E-state index contributed by atoms with van der Waals surface area (Å²) in [4.78, 5) is 4.13. The second kappa shape index (κ2) is 6.01. The number of aliphatic hydroxyl groups excluding tert-OH is 1. The lowest BCUT2D eigenvalue weighted by Gasteiger charge is -2.28. The van der Waals surface area contributed by atoms with Crippen LogP contribution < -0.4 is 4.74 Å². The number of nitrogens with zero attached hydrogens (tertiary/aromatic N) is 1. The topological polar surface area (TPSA) is 42.4 Å². The highest BCUT2D eigenvalue weighted by molar-refractivity contribution is 5.19. The molecular formula is C14H21NO2. The summed E-state index contributed by atoms with van der Waals surface area (Å²) in [6, 6.07) is 3.71. The van der Waals surface area contributed by atoms with Gasteiger partial charge in [0.2, 0.25) is 0 Å². The minimum atomic E-state index is -0.0123. The van der Waals surface area contributed by atoms with Crippen LogP contribution in [0.25, 0.3) is 0 Å². The van der Waals surface area contributed by atoms with Crippen LogP contribution in [0.5, 0.6) is 5.75 Å². The quantitative estimate of drug-likeness (QED) is 0.872. The van der Waals surface area contributed by atoms with E-state index in [1.807, 2.05) is 12.1 Å². The zero-order valence-corrected chi connectivity index (χ0v) is 10.4. The molecule has 1 aliphatic rings. The average Bonchev–Trinajstić information content (AvgIpc) is 2.40. The third kappa shape index (κ3) is 3.43. The van der Waals surface area contributed by atoms with E-state index in [1.54, 1.807) is 6.20 Å². The molecule has 17 heavy (non-hydrogen) atoms. The predicted molar refractivity (Wildman–Crippen MR) is 66.8 cm³/mol. The lowest BCUT2D eigenvalue weighted by Crippen LogP contribution is -2.25. The molecule has 1 saturated carbocycles. The smallest absolute Gasteiger partial charge is 0.138 e. The highest BCUT2D eigenvalue weighted by atomic mass is 16.5. The molecule has 0 aliphatic heterocycles. The molecule has 0 amide bonds. The largest absolute Gasteiger partial charge is 0.489 e. The van der Waals surface area contributed by atoms with E-state index in [1.165, 1.54) is 19.3 Å². The van der Waals surface area contributed by atoms with E-state index in [-0.39, 0.29) is 6.61 Å². The van der Waals surface area contributed by atoms with Gasteiger partial charge in [0.05, 0.1) is 24.6 Å². The summed E-state index contributed by atoms with van der Waals surface area (Å²) in [5, 5.41) is 8.91. The van der Waals surface area contributed by atoms with E-state index in [2.05, 4.69) is 11.9 Å². The van der Waals surface area contributed by atoms with Crippen LogP contribution in [0.2, 0.25) is 0 Å². The first kappa shape index (κ1) is 12.4. The maximum atomic E-state index is 8.91. The monoisotopic (exact) mass is 235 g/mol. The Bertz CT molecular complexity index is 337. The average molecular weight is 235 g/mol. The lowest BCUT2D eigenvalue weighted by molar-refractivity contribution is 0.121. The lowest BCUT2D eigenvalue weighted by atomic mass is 9.85. The fourth-order valence-electron chi connectivity index (χ4n) is 2.49. The standard InChI is InChI=1S/C14H21NO2/c1-2-11-4-3-5-13(8-11)17-14-7-6-12(10-16)15-9-14/h6-7,9,11,13,16H,2-5,8,10H2,1H3. The molecule has 1 fully saturated rings. The van der Waals surface area contributed by atoms with Crippen molar-refractivity contribution in [3.8, 4) is 5.75 Å². The van der Waals surface area contributed by atoms with Gasteiger partial charge in [-0.1, -0.05) is 19.8 Å². The minimum absolute atomic E-state index is 0.0123. The number of rotatable bonds is 4. The van der Waals surface area contributed by atoms with Crippen molar-refractivity contribution in [3.63, 3.8) is 0 Å². The third-order valence-corrected chi connectivity index (χ3v) is 3.57. The first-order valence-corrected chi connectivity index (χ1v) is 6.54. The molecule has 2 rings (SSSR count). The molecule has 1 heterocycles. The molecule has 0 spiro atoms. The van der Waals surface area contributed by atoms with Gasteiger partial charge in [-0.05, 0) is 37.3 Å². The van der Waals surface area contributed by atoms with E-state index in [4.69, 9.17) is 9.84 Å². The van der Waals surface area contributed by atoms with Gasteiger partial charge in [-0.15, -0.1) is 0 Å². The summed E-state index contributed by atoms with van der Waals surface area (Å²) in [6.07, 6.45) is 8.23. The summed E-state index contributed by atoms with van der Waals surface area (Å²) in [6.45, 7) is 2.24. The molecule has 2 unspecified atom stereocenters. The van der Waals surface area contributed by atoms with Crippen molar-refractivity contribution in [1.29, 1.82) is 0 Å². The molecule has 3 nitrogen and oxygen atoms in total. The Balaban J connectivity index is 1.90. The van der Waals surface area contributed by atoms with Gasteiger partial charge in [0.15, 0.2) is 0 Å². The number of hydrogen-bond acceptors (Lipinski definition) is 3. The highest BCUT2D eigenvalue weighted by Gasteiger charge is 2.21. The summed E-state index contributed by atoms with van der Waals surface area (Å²) >= 11 is 0. The highest BCUT2D eigenvalue weighted by Crippen LogP contribution is 2.29. The van der Waals surface area contributed by atoms with Crippen molar-refractivity contribution in [2.45, 2.75) is 51.7 Å². The molecule has 0 radical (unpaired) electrons. The first-order valence-electron chi connectivity index (χ1n) is 6.54. The number of ether oxygens (including phenoxy) is 1. The third-order valence-electron chi connectivity index (χ3n) is 3.57. The zero-order valence-electron chi connectivity index (χ0n) is 10.4. The summed E-state index contributed by atoms with van der Waals surface area (Å²) in [7, 11) is 0. The summed E-state index contributed by atoms with van der Waals surface area (Å²) in [5.74, 6) is 1.64. The molecular weight excluding hydrogens is 214 g/mol. The van der Waals surface area contributed by atoms with Crippen molar-refractivity contribution >= 4 is 0 Å². The molecule has 0 aromatic carbocycles. The van der Waals surface area contributed by atoms with Crippen LogP contribution in [0.3, 0.4) is 0 Å². The second-order valence-corrected chi connectivity index (χ2v) is 4.82. The zero-order chi connectivity index (χ0) is 12.1. The Morgan fingerprint density at radius 3 is 2.94 bits per heavy atom. The van der Waals surface area contributed by atoms with Crippen LogP contribution in [-0.2, 0) is 6.61 Å². The van der Waals surface area contributed by atoms with Gasteiger partial charge in [0.1, 0.15) is 5.75 Å². The minimum Gasteiger partial charge on any atom is -0.489 e. The fourth-order valence-corrected chi connectivity index (χ4v) is 2.49. The van der Waals surface area contributed by atoms with Gasteiger partial charge in [0.25, 0.3) is 0 Å². The molecule has 0 bridgehead atoms. The van der Waals surface area contributed by atoms with E-state index in [9.17, 15) is 0 Å². The van der Waals surface area contributed by atoms with Crippen molar-refractivity contribution < 1.29 is 9.84 Å². The first-order chi connectivity index (χ1) is 8.31. The molecule has 1 aliphatic carbocycles. The summed E-state index contributed by atoms with van der Waals surface area (Å²) < 4.78 is 5.94. The fraction of sp³-hybridized carbons (Fsp3) is 0.643. The Morgan fingerprint density at radius 2 is 2.29 bits per heavy atom. The van der Waals surface area contributed by atoms with Crippen LogP contribution in [0, 0.1) is 5.92 Å². The van der Waals surface area contributed by atoms with Crippen molar-refractivity contribution in [2.75, 3.05) is 0 Å². The van der Waals surface area contributed by atoms with Gasteiger partial charge < -0.3 is 9.84 Å². The molecule has 1 N–H and O–H groups in total. The van der Waals surface area contributed by atoms with Crippen molar-refractivity contribution in [2.24, 2.45) is 5.92 Å². The maximum Gasteiger partial charge on any atom is 0.138 e. The van der Waals surface area contributed by atoms with Crippen LogP contribution in [0.4, 0.5) is 0 Å². The Labute approximate surface area is 103 Å². The number of hydrogen-bond donors (Lipinski definition) is 1. The van der Waals surface area contributed by atoms with Crippen LogP contribution in [0.15, 0.2) is 18.3 Å². The SMILES string of the molecule is CCC1CCCC(Oc2ccc(CO)nc2)C1. The van der Waals surface area contributed by atoms with E-state index in [0.717, 1.165) is 24.5 Å². The Kier molecular flexibility index (Phi) is 4.37. The maximum absolute atomic E-state index is 8.91. The molecule has 3 heteroatoms. The Hall–Kier alpha value is -1.09. The molecule has 94 valence electrons. The van der Waals surface area contributed by atoms with Gasteiger partial charge in [-0.25, -0.2) is 0 Å². The van der Waals surface area contributed by atoms with Crippen molar-refractivity contribution in [3.05, 3.63) is 24.0 Å². The van der Waals surface area contributed by atoms with Gasteiger partial charge in [-0.3, -0.25) is 4.98 Å². The second-order valence-electron chi connectivity index (χ2n) is 4.82.